The third-order valence-electron chi connectivity index (χ3n) is 5.98. The number of aromatic nitrogens is 2. The van der Waals surface area contributed by atoms with Gasteiger partial charge in [0.05, 0.1) is 12.3 Å². The van der Waals surface area contributed by atoms with Gasteiger partial charge in [-0.05, 0) is 42.8 Å². The number of nitriles is 1. The molecular weight excluding hydrogens is 477 g/mol. The topological polar surface area (TPSA) is 166 Å². The molecule has 0 spiro atoms. The van der Waals surface area contributed by atoms with Crippen LogP contribution in [-0.4, -0.2) is 50.7 Å². The van der Waals surface area contributed by atoms with E-state index in [0.717, 1.165) is 6.42 Å². The number of nitrogens with zero attached hydrogens (tertiary/aromatic N) is 4. The van der Waals surface area contributed by atoms with Crippen LogP contribution in [0.4, 0.5) is 16.0 Å². The number of nitrogens with one attached hydrogen (secondary N) is 1. The van der Waals surface area contributed by atoms with E-state index < -0.39 is 11.7 Å². The molecule has 11 heteroatoms. The molecule has 0 saturated carbocycles. The van der Waals surface area contributed by atoms with Crippen molar-refractivity contribution in [2.45, 2.75) is 18.9 Å². The second-order valence-electron chi connectivity index (χ2n) is 8.43. The van der Waals surface area contributed by atoms with Crippen molar-refractivity contribution in [3.05, 3.63) is 83.6 Å². The van der Waals surface area contributed by atoms with Crippen LogP contribution in [-0.2, 0) is 4.79 Å². The van der Waals surface area contributed by atoms with Crippen molar-refractivity contribution < 1.29 is 24.3 Å². The highest BCUT2D eigenvalue weighted by Gasteiger charge is 2.30. The molecule has 1 aliphatic rings. The van der Waals surface area contributed by atoms with Crippen LogP contribution in [0.1, 0.15) is 24.0 Å². The van der Waals surface area contributed by atoms with E-state index in [0.29, 0.717) is 48.5 Å². The van der Waals surface area contributed by atoms with E-state index in [4.69, 9.17) is 26.2 Å². The standard InChI is InChI=1S/C26H24FN7O3/c27-20-5-1-2-6-21(20)37-19-9-7-16(8-10-19)23(29)22-24(30)31-15-32-25(22)33-18-4-3-11-34(13-18)26(36)17(12-28)14-35/h1-2,5-10,14-15,18,29,35H,3-4,11,13H2,(H3,30,31,32,33)/p+1/b17-14+,29-23?/t18-/m1/s1. The lowest BCUT2D eigenvalue weighted by Crippen LogP contribution is -2.88. The van der Waals surface area contributed by atoms with Gasteiger partial charge in [-0.3, -0.25) is 15.5 Å². The Labute approximate surface area is 212 Å². The molecule has 2 heterocycles. The first-order chi connectivity index (χ1) is 17.9. The van der Waals surface area contributed by atoms with Crippen molar-refractivity contribution >= 4 is 23.3 Å². The number of nitrogen functional groups attached to an aromatic ring is 1. The summed E-state index contributed by atoms with van der Waals surface area (Å²) in [5, 5.41) is 28.8. The van der Waals surface area contributed by atoms with Gasteiger partial charge in [0.15, 0.2) is 17.1 Å². The van der Waals surface area contributed by atoms with E-state index in [1.807, 2.05) is 5.32 Å². The SMILES string of the molecule is N#C/C(=C\O)C(=O)N1CCC[C@@H]([NH2+]c2ncnc(N)c2C(=N)c2ccc(Oc3ccccc3F)cc2)C1. The number of halogens is 1. The van der Waals surface area contributed by atoms with Crippen LogP contribution in [0.25, 0.3) is 0 Å². The average molecular weight is 503 g/mol. The quantitative estimate of drug-likeness (QED) is 0.167. The average Bonchev–Trinajstić information content (AvgIpc) is 2.91. The van der Waals surface area contributed by atoms with Gasteiger partial charge in [-0.2, -0.15) is 10.2 Å². The molecule has 10 nitrogen and oxygen atoms in total. The van der Waals surface area contributed by atoms with Crippen LogP contribution in [0.3, 0.4) is 0 Å². The van der Waals surface area contributed by atoms with E-state index in [1.54, 1.807) is 42.5 Å². The number of carbonyl (C=O) groups excluding carboxylic acids is 1. The Morgan fingerprint density at radius 2 is 2.03 bits per heavy atom. The predicted octanol–water partition coefficient (Wildman–Crippen LogP) is 2.56. The number of likely N-dealkylation sites (tertiary alicyclic amines) is 1. The summed E-state index contributed by atoms with van der Waals surface area (Å²) >= 11 is 0. The van der Waals surface area contributed by atoms with Gasteiger partial charge in [0, 0.05) is 18.5 Å². The van der Waals surface area contributed by atoms with Crippen LogP contribution in [0.5, 0.6) is 11.5 Å². The molecule has 0 unspecified atom stereocenters. The number of aliphatic hydroxyl groups excluding tert-OH is 1. The number of hydrogen-bond donors (Lipinski definition) is 4. The summed E-state index contributed by atoms with van der Waals surface area (Å²) in [5.74, 6) is 0.0906. The van der Waals surface area contributed by atoms with Crippen LogP contribution in [0.2, 0.25) is 0 Å². The lowest BCUT2D eigenvalue weighted by atomic mass is 10.0. The minimum atomic E-state index is -0.532. The Balaban J connectivity index is 1.51. The highest BCUT2D eigenvalue weighted by Crippen LogP contribution is 2.26. The molecule has 0 aliphatic carbocycles. The Hall–Kier alpha value is -4.82. The molecule has 37 heavy (non-hydrogen) atoms. The molecule has 3 aromatic rings. The minimum absolute atomic E-state index is 0.0966. The Morgan fingerprint density at radius 1 is 1.27 bits per heavy atom. The second-order valence-corrected chi connectivity index (χ2v) is 8.43. The zero-order valence-electron chi connectivity index (χ0n) is 19.8. The number of ether oxygens (including phenoxy) is 1. The Morgan fingerprint density at radius 3 is 2.73 bits per heavy atom. The first-order valence-corrected chi connectivity index (χ1v) is 11.5. The fraction of sp³-hybridized carbons (Fsp3) is 0.192. The van der Waals surface area contributed by atoms with Crippen molar-refractivity contribution in [1.82, 2.24) is 14.9 Å². The zero-order chi connectivity index (χ0) is 26.4. The normalized spacial score (nSPS) is 15.6. The van der Waals surface area contributed by atoms with Gasteiger partial charge in [-0.1, -0.05) is 12.1 Å². The van der Waals surface area contributed by atoms with Gasteiger partial charge in [0.25, 0.3) is 5.91 Å². The van der Waals surface area contributed by atoms with Gasteiger partial charge >= 0.3 is 0 Å². The van der Waals surface area contributed by atoms with E-state index in [2.05, 4.69) is 9.97 Å². The number of nitrogens with two attached hydrogens (primary N) is 2. The van der Waals surface area contributed by atoms with Crippen molar-refractivity contribution in [2.75, 3.05) is 18.8 Å². The summed E-state index contributed by atoms with van der Waals surface area (Å²) in [6.07, 6.45) is 3.31. The summed E-state index contributed by atoms with van der Waals surface area (Å²) in [6.45, 7) is 0.800. The number of carbonyl (C=O) groups is 1. The van der Waals surface area contributed by atoms with Crippen LogP contribution in [0, 0.1) is 22.6 Å². The van der Waals surface area contributed by atoms with Gasteiger partial charge in [-0.15, -0.1) is 0 Å². The number of amides is 1. The molecule has 1 fully saturated rings. The summed E-state index contributed by atoms with van der Waals surface area (Å²) in [6, 6.07) is 14.3. The third kappa shape index (κ3) is 5.71. The molecule has 2 aromatic carbocycles. The highest BCUT2D eigenvalue weighted by atomic mass is 19.1. The van der Waals surface area contributed by atoms with E-state index >= 15 is 0 Å². The fourth-order valence-electron chi connectivity index (χ4n) is 4.14. The maximum atomic E-state index is 13.9. The van der Waals surface area contributed by atoms with Gasteiger partial charge in [0.1, 0.15) is 41.8 Å². The maximum absolute atomic E-state index is 13.9. The van der Waals surface area contributed by atoms with Gasteiger partial charge < -0.3 is 20.5 Å². The van der Waals surface area contributed by atoms with Crippen LogP contribution >= 0.6 is 0 Å². The highest BCUT2D eigenvalue weighted by molar-refractivity contribution is 6.15. The predicted molar refractivity (Wildman–Crippen MR) is 133 cm³/mol. The molecule has 1 atom stereocenters. The number of aliphatic hydroxyl groups is 1. The molecule has 0 bridgehead atoms. The third-order valence-corrected chi connectivity index (χ3v) is 5.98. The lowest BCUT2D eigenvalue weighted by Gasteiger charge is -2.31. The molecule has 1 aliphatic heterocycles. The summed E-state index contributed by atoms with van der Waals surface area (Å²) < 4.78 is 19.5. The molecule has 1 amide bonds. The molecule has 6 N–H and O–H groups in total. The number of quaternary nitrogens is 1. The monoisotopic (exact) mass is 502 g/mol. The molecule has 1 saturated heterocycles. The Kier molecular flexibility index (Phi) is 7.71. The van der Waals surface area contributed by atoms with Crippen molar-refractivity contribution in [2.24, 2.45) is 0 Å². The number of piperidine rings is 1. The number of rotatable bonds is 7. The Bertz CT molecular complexity index is 1390. The summed E-state index contributed by atoms with van der Waals surface area (Å²) in [4.78, 5) is 22.4. The van der Waals surface area contributed by atoms with E-state index in [1.165, 1.54) is 23.4 Å². The zero-order valence-corrected chi connectivity index (χ0v) is 19.8. The lowest BCUT2D eigenvalue weighted by molar-refractivity contribution is -0.616. The molecule has 0 radical (unpaired) electrons. The first-order valence-electron chi connectivity index (χ1n) is 11.5. The molecule has 4 rings (SSSR count). The van der Waals surface area contributed by atoms with Crippen LogP contribution < -0.4 is 15.8 Å². The number of para-hydroxylation sites is 1. The van der Waals surface area contributed by atoms with Crippen molar-refractivity contribution in [3.63, 3.8) is 0 Å². The smallest absolute Gasteiger partial charge is 0.267 e. The summed E-state index contributed by atoms with van der Waals surface area (Å²) in [7, 11) is 0. The molecule has 188 valence electrons. The second kappa shape index (κ2) is 11.3. The van der Waals surface area contributed by atoms with Crippen molar-refractivity contribution in [3.8, 4) is 17.6 Å². The van der Waals surface area contributed by atoms with E-state index in [9.17, 15) is 9.18 Å². The number of hydrogen-bond acceptors (Lipinski definition) is 8. The minimum Gasteiger partial charge on any atom is -0.514 e. The van der Waals surface area contributed by atoms with Crippen LogP contribution in [0.15, 0.2) is 66.7 Å². The number of benzene rings is 2. The van der Waals surface area contributed by atoms with Gasteiger partial charge in [-0.25, -0.2) is 9.37 Å². The fourth-order valence-corrected chi connectivity index (χ4v) is 4.14. The summed E-state index contributed by atoms with van der Waals surface area (Å²) in [5.41, 5.74) is 6.81. The van der Waals surface area contributed by atoms with E-state index in [-0.39, 0.29) is 28.9 Å². The largest absolute Gasteiger partial charge is 0.514 e. The molecular formula is C26H25FN7O3+. The number of anilines is 1. The van der Waals surface area contributed by atoms with Gasteiger partial charge in [0.2, 0.25) is 5.82 Å². The first kappa shape index (κ1) is 25.3. The maximum Gasteiger partial charge on any atom is 0.267 e. The molecule has 1 aromatic heterocycles. The van der Waals surface area contributed by atoms with Crippen molar-refractivity contribution in [1.29, 1.82) is 10.7 Å².